The molecule has 0 aromatic heterocycles. The van der Waals surface area contributed by atoms with Crippen molar-refractivity contribution in [3.05, 3.63) is 35.9 Å². The van der Waals surface area contributed by atoms with Crippen LogP contribution in [0.4, 0.5) is 0 Å². The summed E-state index contributed by atoms with van der Waals surface area (Å²) in [7, 11) is 1.36. The van der Waals surface area contributed by atoms with Crippen molar-refractivity contribution in [1.82, 2.24) is 4.90 Å². The molecular formula is C18H27NO4. The molecule has 0 atom stereocenters. The molecule has 0 saturated carbocycles. The fourth-order valence-electron chi connectivity index (χ4n) is 2.25. The smallest absolute Gasteiger partial charge is 0.307 e. The predicted octanol–water partition coefficient (Wildman–Crippen LogP) is 2.44. The number of ether oxygens (including phenoxy) is 2. The Morgan fingerprint density at radius 1 is 1.09 bits per heavy atom. The van der Waals surface area contributed by atoms with E-state index in [9.17, 15) is 9.59 Å². The van der Waals surface area contributed by atoms with Gasteiger partial charge in [-0.15, -0.1) is 0 Å². The molecule has 0 unspecified atom stereocenters. The maximum absolute atomic E-state index is 12.4. The number of nitrogens with zero attached hydrogens (tertiary/aromatic N) is 1. The molecule has 1 rings (SSSR count). The molecule has 0 aliphatic rings. The molecule has 0 saturated heterocycles. The van der Waals surface area contributed by atoms with Crippen molar-refractivity contribution in [3.8, 4) is 0 Å². The fraction of sp³-hybridized carbons (Fsp3) is 0.556. The average Bonchev–Trinajstić information content (AvgIpc) is 2.59. The summed E-state index contributed by atoms with van der Waals surface area (Å²) in [4.78, 5) is 25.5. The van der Waals surface area contributed by atoms with Gasteiger partial charge in [0.1, 0.15) is 0 Å². The Kier molecular flexibility index (Phi) is 9.71. The maximum Gasteiger partial charge on any atom is 0.307 e. The number of hydrogen-bond donors (Lipinski definition) is 0. The number of methoxy groups -OCH3 is 1. The molecular weight excluding hydrogens is 294 g/mol. The van der Waals surface area contributed by atoms with Gasteiger partial charge in [0.2, 0.25) is 5.91 Å². The fourth-order valence-corrected chi connectivity index (χ4v) is 2.25. The Morgan fingerprint density at radius 2 is 1.83 bits per heavy atom. The number of rotatable bonds is 11. The van der Waals surface area contributed by atoms with Gasteiger partial charge in [-0.3, -0.25) is 9.59 Å². The van der Waals surface area contributed by atoms with E-state index in [1.807, 2.05) is 37.3 Å². The van der Waals surface area contributed by atoms with Gasteiger partial charge in [-0.2, -0.15) is 0 Å². The SMILES string of the molecule is CCOCCCN(CCC(=O)OC)C(=O)CCc1ccccc1. The normalized spacial score (nSPS) is 10.3. The van der Waals surface area contributed by atoms with Gasteiger partial charge in [0.05, 0.1) is 13.5 Å². The molecule has 1 amide bonds. The van der Waals surface area contributed by atoms with Crippen molar-refractivity contribution in [1.29, 1.82) is 0 Å². The first-order valence-electron chi connectivity index (χ1n) is 8.13. The van der Waals surface area contributed by atoms with Crippen LogP contribution in [0.3, 0.4) is 0 Å². The number of amides is 1. The molecule has 0 bridgehead atoms. The minimum absolute atomic E-state index is 0.0641. The summed E-state index contributed by atoms with van der Waals surface area (Å²) >= 11 is 0. The van der Waals surface area contributed by atoms with Gasteiger partial charge in [-0.25, -0.2) is 0 Å². The Morgan fingerprint density at radius 3 is 2.48 bits per heavy atom. The molecule has 1 aromatic rings. The third kappa shape index (κ3) is 8.35. The highest BCUT2D eigenvalue weighted by Gasteiger charge is 2.15. The standard InChI is InChI=1S/C18H27NO4/c1-3-23-15-7-13-19(14-12-18(21)22-2)17(20)11-10-16-8-5-4-6-9-16/h4-6,8-9H,3,7,10-15H2,1-2H3. The van der Waals surface area contributed by atoms with Crippen LogP contribution >= 0.6 is 0 Å². The van der Waals surface area contributed by atoms with Crippen LogP contribution in [0.1, 0.15) is 31.7 Å². The van der Waals surface area contributed by atoms with Crippen molar-refractivity contribution < 1.29 is 19.1 Å². The van der Waals surface area contributed by atoms with E-state index in [0.29, 0.717) is 39.1 Å². The largest absolute Gasteiger partial charge is 0.469 e. The van der Waals surface area contributed by atoms with Crippen molar-refractivity contribution in [2.45, 2.75) is 32.6 Å². The van der Waals surface area contributed by atoms with Gasteiger partial charge in [0.25, 0.3) is 0 Å². The van der Waals surface area contributed by atoms with Crippen LogP contribution in [0.5, 0.6) is 0 Å². The van der Waals surface area contributed by atoms with E-state index in [4.69, 9.17) is 4.74 Å². The highest BCUT2D eigenvalue weighted by atomic mass is 16.5. The van der Waals surface area contributed by atoms with Crippen LogP contribution in [0.25, 0.3) is 0 Å². The number of hydrogen-bond acceptors (Lipinski definition) is 4. The lowest BCUT2D eigenvalue weighted by Crippen LogP contribution is -2.34. The molecule has 0 radical (unpaired) electrons. The quantitative estimate of drug-likeness (QED) is 0.464. The minimum Gasteiger partial charge on any atom is -0.469 e. The Labute approximate surface area is 138 Å². The van der Waals surface area contributed by atoms with E-state index in [0.717, 1.165) is 12.0 Å². The predicted molar refractivity (Wildman–Crippen MR) is 89.1 cm³/mol. The number of aryl methyl sites for hydroxylation is 1. The number of carbonyl (C=O) groups excluding carboxylic acids is 2. The van der Waals surface area contributed by atoms with Crippen LogP contribution in [-0.2, 0) is 25.5 Å². The lowest BCUT2D eigenvalue weighted by atomic mass is 10.1. The minimum atomic E-state index is -0.296. The maximum atomic E-state index is 12.4. The van der Waals surface area contributed by atoms with Crippen LogP contribution in [0.15, 0.2) is 30.3 Å². The van der Waals surface area contributed by atoms with Crippen molar-refractivity contribution in [2.75, 3.05) is 33.4 Å². The molecule has 23 heavy (non-hydrogen) atoms. The second-order valence-electron chi connectivity index (χ2n) is 5.24. The molecule has 5 heteroatoms. The first-order valence-corrected chi connectivity index (χ1v) is 8.13. The molecule has 0 spiro atoms. The van der Waals surface area contributed by atoms with Crippen LogP contribution in [0.2, 0.25) is 0 Å². The molecule has 0 heterocycles. The third-order valence-corrected chi connectivity index (χ3v) is 3.56. The summed E-state index contributed by atoms with van der Waals surface area (Å²) in [6.07, 6.45) is 2.15. The number of carbonyl (C=O) groups is 2. The van der Waals surface area contributed by atoms with E-state index >= 15 is 0 Å². The molecule has 0 aliphatic heterocycles. The molecule has 128 valence electrons. The number of esters is 1. The Hall–Kier alpha value is -1.88. The summed E-state index contributed by atoms with van der Waals surface area (Å²) in [5.74, 6) is -0.232. The van der Waals surface area contributed by atoms with Gasteiger partial charge in [-0.1, -0.05) is 30.3 Å². The van der Waals surface area contributed by atoms with Gasteiger partial charge in [0.15, 0.2) is 0 Å². The monoisotopic (exact) mass is 321 g/mol. The molecule has 5 nitrogen and oxygen atoms in total. The summed E-state index contributed by atoms with van der Waals surface area (Å²) < 4.78 is 9.96. The highest BCUT2D eigenvalue weighted by molar-refractivity contribution is 5.77. The summed E-state index contributed by atoms with van der Waals surface area (Å²) in [5.41, 5.74) is 1.14. The van der Waals surface area contributed by atoms with E-state index in [-0.39, 0.29) is 18.3 Å². The summed E-state index contributed by atoms with van der Waals surface area (Å²) in [6, 6.07) is 9.93. The van der Waals surface area contributed by atoms with E-state index < -0.39 is 0 Å². The van der Waals surface area contributed by atoms with Crippen LogP contribution in [0, 0.1) is 0 Å². The zero-order valence-corrected chi connectivity index (χ0v) is 14.1. The lowest BCUT2D eigenvalue weighted by molar-refractivity contribution is -0.141. The van der Waals surface area contributed by atoms with Crippen LogP contribution in [-0.4, -0.2) is 50.2 Å². The Bertz CT molecular complexity index is 461. The van der Waals surface area contributed by atoms with Crippen molar-refractivity contribution in [2.24, 2.45) is 0 Å². The number of benzene rings is 1. The molecule has 0 N–H and O–H groups in total. The second-order valence-corrected chi connectivity index (χ2v) is 5.24. The van der Waals surface area contributed by atoms with Gasteiger partial charge < -0.3 is 14.4 Å². The second kappa shape index (κ2) is 11.7. The van der Waals surface area contributed by atoms with E-state index in [1.54, 1.807) is 4.90 Å². The highest BCUT2D eigenvalue weighted by Crippen LogP contribution is 2.06. The topological polar surface area (TPSA) is 55.8 Å². The Balaban J connectivity index is 2.47. The molecule has 0 fully saturated rings. The van der Waals surface area contributed by atoms with Gasteiger partial charge in [-0.05, 0) is 25.3 Å². The zero-order valence-electron chi connectivity index (χ0n) is 14.1. The lowest BCUT2D eigenvalue weighted by Gasteiger charge is -2.22. The third-order valence-electron chi connectivity index (χ3n) is 3.56. The van der Waals surface area contributed by atoms with Crippen LogP contribution < -0.4 is 0 Å². The molecule has 0 aliphatic carbocycles. The van der Waals surface area contributed by atoms with Crippen molar-refractivity contribution in [3.63, 3.8) is 0 Å². The van der Waals surface area contributed by atoms with Crippen molar-refractivity contribution >= 4 is 11.9 Å². The molecule has 1 aromatic carbocycles. The summed E-state index contributed by atoms with van der Waals surface area (Å²) in [6.45, 7) is 4.23. The zero-order chi connectivity index (χ0) is 16.9. The average molecular weight is 321 g/mol. The first kappa shape index (κ1) is 19.2. The first-order chi connectivity index (χ1) is 11.2. The van der Waals surface area contributed by atoms with E-state index in [1.165, 1.54) is 7.11 Å². The van der Waals surface area contributed by atoms with Gasteiger partial charge in [0, 0.05) is 32.7 Å². The van der Waals surface area contributed by atoms with E-state index in [2.05, 4.69) is 4.74 Å². The van der Waals surface area contributed by atoms with Gasteiger partial charge >= 0.3 is 5.97 Å². The summed E-state index contributed by atoms with van der Waals surface area (Å²) in [5, 5.41) is 0.